The van der Waals surface area contributed by atoms with Gasteiger partial charge >= 0.3 is 12.4 Å². The van der Waals surface area contributed by atoms with E-state index in [1.807, 2.05) is 0 Å². The summed E-state index contributed by atoms with van der Waals surface area (Å²) in [6.45, 7) is 1.48. The van der Waals surface area contributed by atoms with Crippen LogP contribution in [-0.4, -0.2) is 23.4 Å². The Kier molecular flexibility index (Phi) is 4.14. The zero-order valence-corrected chi connectivity index (χ0v) is 10.3. The fourth-order valence-electron chi connectivity index (χ4n) is 1.09. The van der Waals surface area contributed by atoms with Crippen LogP contribution in [0.5, 0.6) is 5.88 Å². The lowest BCUT2D eigenvalue weighted by Crippen LogP contribution is -2.46. The second-order valence-corrected chi connectivity index (χ2v) is 4.20. The largest absolute Gasteiger partial charge is 0.455 e. The van der Waals surface area contributed by atoms with E-state index in [4.69, 9.17) is 0 Å². The van der Waals surface area contributed by atoms with Crippen molar-refractivity contribution in [2.75, 3.05) is 0 Å². The molecule has 1 aromatic rings. The minimum atomic E-state index is -5.56. The smallest absolute Gasteiger partial charge is 0.434 e. The highest BCUT2D eigenvalue weighted by atomic mass is 79.9. The van der Waals surface area contributed by atoms with Gasteiger partial charge in [0.25, 0.3) is 6.10 Å². The minimum Gasteiger partial charge on any atom is -0.455 e. The van der Waals surface area contributed by atoms with Crippen LogP contribution < -0.4 is 4.74 Å². The van der Waals surface area contributed by atoms with Crippen molar-refractivity contribution in [1.29, 1.82) is 0 Å². The predicted molar refractivity (Wildman–Crippen MR) is 53.2 cm³/mol. The third-order valence-corrected chi connectivity index (χ3v) is 2.15. The molecule has 9 heteroatoms. The molecule has 0 atom stereocenters. The van der Waals surface area contributed by atoms with Crippen molar-refractivity contribution in [2.45, 2.75) is 25.4 Å². The molecular weight excluding hydrogens is 332 g/mol. The Morgan fingerprint density at radius 3 is 2.00 bits per heavy atom. The number of halogens is 7. The average Bonchev–Trinajstić information content (AvgIpc) is 2.08. The summed E-state index contributed by atoms with van der Waals surface area (Å²) >= 11 is 2.85. The Balaban J connectivity index is 3.04. The van der Waals surface area contributed by atoms with E-state index in [1.54, 1.807) is 0 Å². The number of aromatic nitrogens is 1. The van der Waals surface area contributed by atoms with E-state index in [-0.39, 0.29) is 4.60 Å². The van der Waals surface area contributed by atoms with Crippen molar-refractivity contribution in [3.05, 3.63) is 22.3 Å². The van der Waals surface area contributed by atoms with Crippen LogP contribution in [0.2, 0.25) is 0 Å². The molecule has 102 valence electrons. The second kappa shape index (κ2) is 4.94. The van der Waals surface area contributed by atoms with Crippen molar-refractivity contribution in [1.82, 2.24) is 4.98 Å². The molecule has 0 saturated carbocycles. The highest BCUT2D eigenvalue weighted by molar-refractivity contribution is 9.10. The van der Waals surface area contributed by atoms with E-state index in [0.29, 0.717) is 5.56 Å². The van der Waals surface area contributed by atoms with Gasteiger partial charge in [-0.05, 0) is 34.5 Å². The first-order valence-corrected chi connectivity index (χ1v) is 5.23. The van der Waals surface area contributed by atoms with E-state index < -0.39 is 24.3 Å². The van der Waals surface area contributed by atoms with E-state index >= 15 is 0 Å². The summed E-state index contributed by atoms with van der Waals surface area (Å²) in [5.74, 6) is -0.749. The maximum atomic E-state index is 12.2. The quantitative estimate of drug-likeness (QED) is 0.600. The van der Waals surface area contributed by atoms with Gasteiger partial charge < -0.3 is 4.74 Å². The van der Waals surface area contributed by atoms with Crippen molar-refractivity contribution in [3.8, 4) is 5.88 Å². The SMILES string of the molecule is Cc1cc(Br)nc(OC(C(F)(F)F)C(F)(F)F)c1. The molecule has 0 radical (unpaired) electrons. The number of alkyl halides is 6. The van der Waals surface area contributed by atoms with Gasteiger partial charge in [0, 0.05) is 6.07 Å². The molecule has 1 aromatic heterocycles. The summed E-state index contributed by atoms with van der Waals surface area (Å²) in [4.78, 5) is 3.40. The number of hydrogen-bond donors (Lipinski definition) is 0. The molecule has 0 amide bonds. The maximum Gasteiger partial charge on any atom is 0.434 e. The van der Waals surface area contributed by atoms with Crippen molar-refractivity contribution < 1.29 is 31.1 Å². The summed E-state index contributed by atoms with van der Waals surface area (Å²) in [7, 11) is 0. The van der Waals surface area contributed by atoms with E-state index in [9.17, 15) is 26.3 Å². The molecule has 0 aliphatic heterocycles. The molecule has 0 spiro atoms. The molecule has 0 unspecified atom stereocenters. The Morgan fingerprint density at radius 1 is 1.11 bits per heavy atom. The summed E-state index contributed by atoms with van der Waals surface area (Å²) in [5.41, 5.74) is 0.412. The van der Waals surface area contributed by atoms with Gasteiger partial charge in [0.15, 0.2) is 0 Å². The average molecular weight is 338 g/mol. The summed E-state index contributed by atoms with van der Waals surface area (Å²) in [6.07, 6.45) is -15.0. The Bertz CT molecular complexity index is 396. The highest BCUT2D eigenvalue weighted by Gasteiger charge is 2.59. The molecule has 0 aliphatic rings. The summed E-state index contributed by atoms with van der Waals surface area (Å²) < 4.78 is 77.3. The third-order valence-electron chi connectivity index (χ3n) is 1.75. The second-order valence-electron chi connectivity index (χ2n) is 3.39. The van der Waals surface area contributed by atoms with Gasteiger partial charge in [-0.3, -0.25) is 0 Å². The monoisotopic (exact) mass is 337 g/mol. The standard InChI is InChI=1S/C9H6BrF6NO/c1-4-2-5(10)17-6(3-4)18-7(8(11,12)13)9(14,15)16/h2-3,7H,1H3. The lowest BCUT2D eigenvalue weighted by molar-refractivity contribution is -0.300. The first-order chi connectivity index (χ1) is 8.00. The van der Waals surface area contributed by atoms with Gasteiger partial charge in [-0.1, -0.05) is 0 Å². The van der Waals surface area contributed by atoms with Crippen LogP contribution in [0.25, 0.3) is 0 Å². The van der Waals surface area contributed by atoms with Crippen LogP contribution in [0.4, 0.5) is 26.3 Å². The molecule has 0 saturated heterocycles. The summed E-state index contributed by atoms with van der Waals surface area (Å²) in [6, 6.07) is 2.40. The van der Waals surface area contributed by atoms with Crippen LogP contribution in [0.3, 0.4) is 0 Å². The zero-order chi connectivity index (χ0) is 14.1. The van der Waals surface area contributed by atoms with Crippen LogP contribution in [-0.2, 0) is 0 Å². The van der Waals surface area contributed by atoms with Gasteiger partial charge in [-0.25, -0.2) is 4.98 Å². The van der Waals surface area contributed by atoms with E-state index in [2.05, 4.69) is 25.7 Å². The maximum absolute atomic E-state index is 12.2. The topological polar surface area (TPSA) is 22.1 Å². The molecule has 0 N–H and O–H groups in total. The van der Waals surface area contributed by atoms with Crippen LogP contribution >= 0.6 is 15.9 Å². The van der Waals surface area contributed by atoms with Crippen LogP contribution in [0.15, 0.2) is 16.7 Å². The third kappa shape index (κ3) is 4.04. The molecule has 0 fully saturated rings. The Morgan fingerprint density at radius 2 is 1.61 bits per heavy atom. The van der Waals surface area contributed by atoms with Gasteiger partial charge in [0.2, 0.25) is 5.88 Å². The molecule has 0 aliphatic carbocycles. The molecular formula is C9H6BrF6NO. The van der Waals surface area contributed by atoms with E-state index in [0.717, 1.165) is 6.07 Å². The molecule has 1 rings (SSSR count). The lowest BCUT2D eigenvalue weighted by atomic mass is 10.3. The molecule has 18 heavy (non-hydrogen) atoms. The van der Waals surface area contributed by atoms with Gasteiger partial charge in [0.05, 0.1) is 0 Å². The van der Waals surface area contributed by atoms with Gasteiger partial charge in [0.1, 0.15) is 4.60 Å². The normalized spacial score (nSPS) is 12.9. The van der Waals surface area contributed by atoms with Gasteiger partial charge in [-0.15, -0.1) is 0 Å². The number of pyridine rings is 1. The molecule has 2 nitrogen and oxygen atoms in total. The Hall–Kier alpha value is -0.990. The van der Waals surface area contributed by atoms with Crippen molar-refractivity contribution in [2.24, 2.45) is 0 Å². The number of aryl methyl sites for hydroxylation is 1. The van der Waals surface area contributed by atoms with E-state index in [1.165, 1.54) is 13.0 Å². The predicted octanol–water partition coefficient (Wildman–Crippen LogP) is 4.02. The molecule has 0 bridgehead atoms. The zero-order valence-electron chi connectivity index (χ0n) is 8.73. The first kappa shape index (κ1) is 15.1. The fraction of sp³-hybridized carbons (Fsp3) is 0.444. The fourth-order valence-corrected chi connectivity index (χ4v) is 1.63. The number of ether oxygens (including phenoxy) is 1. The van der Waals surface area contributed by atoms with Crippen LogP contribution in [0, 0.1) is 6.92 Å². The van der Waals surface area contributed by atoms with Crippen LogP contribution in [0.1, 0.15) is 5.56 Å². The molecule has 1 heterocycles. The molecule has 0 aromatic carbocycles. The van der Waals surface area contributed by atoms with Gasteiger partial charge in [-0.2, -0.15) is 26.3 Å². The van der Waals surface area contributed by atoms with Crippen molar-refractivity contribution >= 4 is 15.9 Å². The van der Waals surface area contributed by atoms with Crippen molar-refractivity contribution in [3.63, 3.8) is 0 Å². The first-order valence-electron chi connectivity index (χ1n) is 4.44. The number of rotatable bonds is 2. The number of nitrogens with zero attached hydrogens (tertiary/aromatic N) is 1. The summed E-state index contributed by atoms with van der Waals surface area (Å²) in [5, 5.41) is 0. The Labute approximate surface area is 106 Å². The highest BCUT2D eigenvalue weighted by Crippen LogP contribution is 2.36. The minimum absolute atomic E-state index is 0.0839. The number of hydrogen-bond acceptors (Lipinski definition) is 2. The lowest BCUT2D eigenvalue weighted by Gasteiger charge is -2.23.